The lowest BCUT2D eigenvalue weighted by Gasteiger charge is -2.39. The lowest BCUT2D eigenvalue weighted by Crippen LogP contribution is -2.34. The second kappa shape index (κ2) is 15.6. The van der Waals surface area contributed by atoms with Crippen LogP contribution in [0.2, 0.25) is 0 Å². The van der Waals surface area contributed by atoms with Gasteiger partial charge in [0.15, 0.2) is 0 Å². The van der Waals surface area contributed by atoms with Gasteiger partial charge < -0.3 is 22.8 Å². The van der Waals surface area contributed by atoms with E-state index < -0.39 is 55.8 Å². The third kappa shape index (κ3) is 7.88. The van der Waals surface area contributed by atoms with E-state index in [2.05, 4.69) is 76.6 Å². The van der Waals surface area contributed by atoms with Gasteiger partial charge in [0.05, 0.1) is 37.7 Å². The Bertz CT molecular complexity index is 1680. The maximum absolute atomic E-state index is 13.6. The zero-order valence-corrected chi connectivity index (χ0v) is 31.5. The van der Waals surface area contributed by atoms with Gasteiger partial charge in [-0.05, 0) is 79.8 Å². The van der Waals surface area contributed by atoms with Crippen LogP contribution < -0.4 is 11.2 Å². The van der Waals surface area contributed by atoms with Crippen molar-refractivity contribution in [1.82, 2.24) is 14.2 Å². The zero-order valence-electron chi connectivity index (χ0n) is 28.9. The Kier molecular flexibility index (Phi) is 11.7. The first-order valence-electron chi connectivity index (χ1n) is 17.2. The van der Waals surface area contributed by atoms with Crippen molar-refractivity contribution < 1.29 is 27.4 Å². The molecule has 1 aromatic heterocycles. The van der Waals surface area contributed by atoms with Crippen LogP contribution in [-0.2, 0) is 27.4 Å². The number of ether oxygens (including phenoxy) is 1. The number of H-pyrrole nitrogens is 1. The third-order valence-electron chi connectivity index (χ3n) is 9.68. The fourth-order valence-electron chi connectivity index (χ4n) is 7.28. The predicted octanol–water partition coefficient (Wildman–Crippen LogP) is 7.06. The summed E-state index contributed by atoms with van der Waals surface area (Å²) in [5.41, 5.74) is -0.572. The van der Waals surface area contributed by atoms with Gasteiger partial charge in [0.2, 0.25) is 0 Å². The van der Waals surface area contributed by atoms with Crippen molar-refractivity contribution in [2.75, 3.05) is 37.9 Å². The van der Waals surface area contributed by atoms with Crippen molar-refractivity contribution in [2.24, 2.45) is 5.92 Å². The van der Waals surface area contributed by atoms with E-state index in [-0.39, 0.29) is 37.4 Å². The van der Waals surface area contributed by atoms with Crippen LogP contribution in [0.15, 0.2) is 86.2 Å². The van der Waals surface area contributed by atoms with Crippen LogP contribution in [-0.4, -0.2) is 76.5 Å². The smallest absolute Gasteiger partial charge is 0.331 e. The van der Waals surface area contributed by atoms with Crippen LogP contribution in [0.4, 0.5) is 0 Å². The van der Waals surface area contributed by atoms with Crippen LogP contribution >= 0.6 is 26.2 Å². The normalized spacial score (nSPS) is 27.0. The maximum atomic E-state index is 13.6. The summed E-state index contributed by atoms with van der Waals surface area (Å²) in [6, 6.07) is 21.7. The number of aromatic amines is 1. The standard InChI is InChI=1S/C35H49N3O8P2S/c1-6-42-48(41,43-7-2)23-26(4)33-30(21-32(44-33)37-22-25(3)34(39)36-35(37)40)45-47-38-20-14-19-29(38)31(46-47)24-49(5,27-15-10-8-11-16-27)28-17-12-9-13-18-28/h8-13,15-18,22,26,29-33H,6-7,14,19-21,23-24H2,1-5H3,(H,36,39,40)/t26-,29-,30-,31+,32-,33?,47?/m1/s1. The van der Waals surface area contributed by atoms with Gasteiger partial charge in [-0.25, -0.2) is 9.46 Å². The summed E-state index contributed by atoms with van der Waals surface area (Å²) in [5.74, 6) is 0.566. The Morgan fingerprint density at radius 2 is 1.67 bits per heavy atom. The first kappa shape index (κ1) is 36.7. The lowest BCUT2D eigenvalue weighted by atomic mass is 10.0. The molecular weight excluding hydrogens is 684 g/mol. The summed E-state index contributed by atoms with van der Waals surface area (Å²) < 4.78 is 49.2. The topological polar surface area (TPSA) is 121 Å². The fourth-order valence-corrected chi connectivity index (χ4v) is 14.5. The highest BCUT2D eigenvalue weighted by molar-refractivity contribution is 8.33. The average molecular weight is 734 g/mol. The van der Waals surface area contributed by atoms with Crippen LogP contribution in [0, 0.1) is 12.8 Å². The van der Waals surface area contributed by atoms with E-state index in [0.717, 1.165) is 25.1 Å². The molecule has 7 atom stereocenters. The van der Waals surface area contributed by atoms with Crippen LogP contribution in [0.25, 0.3) is 0 Å². The van der Waals surface area contributed by atoms with E-state index in [9.17, 15) is 14.2 Å². The van der Waals surface area contributed by atoms with Gasteiger partial charge in [0, 0.05) is 36.5 Å². The molecule has 4 heterocycles. The molecule has 3 aromatic rings. The molecule has 3 fully saturated rings. The molecule has 3 saturated heterocycles. The third-order valence-corrected chi connectivity index (χ3v) is 17.4. The summed E-state index contributed by atoms with van der Waals surface area (Å²) in [4.78, 5) is 30.1. The minimum atomic E-state index is -3.40. The largest absolute Gasteiger partial charge is 0.352 e. The molecule has 3 aliphatic heterocycles. The maximum Gasteiger partial charge on any atom is 0.331 e. The number of nitrogens with zero attached hydrogens (tertiary/aromatic N) is 2. The molecule has 0 spiro atoms. The van der Waals surface area contributed by atoms with E-state index in [1.807, 2.05) is 6.92 Å². The molecule has 268 valence electrons. The van der Waals surface area contributed by atoms with Gasteiger partial charge >= 0.3 is 13.3 Å². The molecule has 2 unspecified atom stereocenters. The Balaban J connectivity index is 1.27. The second-order valence-electron chi connectivity index (χ2n) is 13.2. The van der Waals surface area contributed by atoms with Crippen LogP contribution in [0.3, 0.4) is 0 Å². The molecule has 14 heteroatoms. The van der Waals surface area contributed by atoms with Gasteiger partial charge in [-0.15, -0.1) is 0 Å². The van der Waals surface area contributed by atoms with Crippen molar-refractivity contribution in [2.45, 2.75) is 87.3 Å². The number of hydrogen-bond donors (Lipinski definition) is 1. The molecule has 0 saturated carbocycles. The molecule has 3 aliphatic rings. The summed E-state index contributed by atoms with van der Waals surface area (Å²) in [6.45, 7) is 8.59. The van der Waals surface area contributed by atoms with E-state index in [1.165, 1.54) is 20.6 Å². The summed E-state index contributed by atoms with van der Waals surface area (Å²) in [6.07, 6.45) is 4.79. The lowest BCUT2D eigenvalue weighted by molar-refractivity contribution is -0.0403. The van der Waals surface area contributed by atoms with E-state index >= 15 is 0 Å². The number of fused-ring (bicyclic) bond motifs is 1. The monoisotopic (exact) mass is 733 g/mol. The summed E-state index contributed by atoms with van der Waals surface area (Å²) in [7, 11) is -6.27. The fraction of sp³-hybridized carbons (Fsp3) is 0.543. The number of hydrogen-bond acceptors (Lipinski definition) is 9. The molecule has 49 heavy (non-hydrogen) atoms. The van der Waals surface area contributed by atoms with Gasteiger partial charge in [0.25, 0.3) is 14.1 Å². The van der Waals surface area contributed by atoms with Gasteiger partial charge in [-0.1, -0.05) is 43.3 Å². The first-order chi connectivity index (χ1) is 23.5. The zero-order chi connectivity index (χ0) is 34.8. The van der Waals surface area contributed by atoms with Crippen LogP contribution in [0.1, 0.15) is 51.8 Å². The number of benzene rings is 2. The second-order valence-corrected chi connectivity index (χ2v) is 20.1. The van der Waals surface area contributed by atoms with Crippen molar-refractivity contribution in [3.05, 3.63) is 93.3 Å². The highest BCUT2D eigenvalue weighted by Gasteiger charge is 2.52. The molecule has 0 amide bonds. The highest BCUT2D eigenvalue weighted by atomic mass is 32.3. The minimum Gasteiger partial charge on any atom is -0.352 e. The quantitative estimate of drug-likeness (QED) is 0.174. The Morgan fingerprint density at radius 1 is 1.04 bits per heavy atom. The Hall–Kier alpha value is -2.11. The highest BCUT2D eigenvalue weighted by Crippen LogP contribution is 2.65. The molecule has 1 N–H and O–H groups in total. The Morgan fingerprint density at radius 3 is 2.29 bits per heavy atom. The average Bonchev–Trinajstić information content (AvgIpc) is 3.81. The molecule has 6 rings (SSSR count). The first-order valence-corrected chi connectivity index (χ1v) is 22.2. The SMILES string of the molecule is CCOP(=O)(C[C@@H](C)C1O[C@@H](n2cc(C)c(=O)[nH]c2=O)C[C@H]1OP1O[C@@H](CS(C)(c2ccccc2)c2ccccc2)[C@H]2CCCN21)OCC. The van der Waals surface area contributed by atoms with Gasteiger partial charge in [-0.2, -0.15) is 10.0 Å². The predicted molar refractivity (Wildman–Crippen MR) is 194 cm³/mol. The van der Waals surface area contributed by atoms with Crippen LogP contribution in [0.5, 0.6) is 0 Å². The van der Waals surface area contributed by atoms with E-state index in [1.54, 1.807) is 20.8 Å². The number of nitrogens with one attached hydrogen (secondary N) is 1. The summed E-state index contributed by atoms with van der Waals surface area (Å²) >= 11 is 0. The molecular formula is C35H49N3O8P2S. The Labute approximate surface area is 291 Å². The van der Waals surface area contributed by atoms with Gasteiger partial charge in [0.1, 0.15) is 6.23 Å². The molecule has 0 radical (unpaired) electrons. The summed E-state index contributed by atoms with van der Waals surface area (Å²) in [5, 5.41) is 0. The van der Waals surface area contributed by atoms with Crippen molar-refractivity contribution in [1.29, 1.82) is 0 Å². The van der Waals surface area contributed by atoms with Crippen molar-refractivity contribution >= 4 is 26.2 Å². The van der Waals surface area contributed by atoms with E-state index in [4.69, 9.17) is 22.8 Å². The molecule has 2 aromatic carbocycles. The van der Waals surface area contributed by atoms with Crippen molar-refractivity contribution in [3.8, 4) is 0 Å². The number of rotatable bonds is 14. The van der Waals surface area contributed by atoms with E-state index in [0.29, 0.717) is 12.0 Å². The van der Waals surface area contributed by atoms with Gasteiger partial charge in [-0.3, -0.25) is 18.9 Å². The minimum absolute atomic E-state index is 0.0244. The molecule has 0 aliphatic carbocycles. The van der Waals surface area contributed by atoms with Crippen molar-refractivity contribution in [3.63, 3.8) is 0 Å². The molecule has 0 bridgehead atoms. The number of aromatic nitrogens is 2. The number of aryl methyl sites for hydroxylation is 1. The molecule has 11 nitrogen and oxygen atoms in total.